The molecule has 2 amide bonds. The zero-order valence-corrected chi connectivity index (χ0v) is 12.3. The lowest BCUT2D eigenvalue weighted by molar-refractivity contribution is -0.132. The topological polar surface area (TPSA) is 52.7 Å². The van der Waals surface area contributed by atoms with Gasteiger partial charge in [0.05, 0.1) is 11.4 Å². The molecule has 5 nitrogen and oxygen atoms in total. The maximum absolute atomic E-state index is 11.7. The molecule has 1 heterocycles. The van der Waals surface area contributed by atoms with Crippen LogP contribution < -0.4 is 5.32 Å². The number of alkyl halides is 1. The van der Waals surface area contributed by atoms with Crippen molar-refractivity contribution in [3.05, 3.63) is 12.7 Å². The van der Waals surface area contributed by atoms with E-state index in [9.17, 15) is 9.59 Å². The first-order valence-electron chi connectivity index (χ1n) is 6.07. The van der Waals surface area contributed by atoms with Crippen molar-refractivity contribution in [2.24, 2.45) is 0 Å². The molecule has 0 bridgehead atoms. The molecule has 0 aliphatic carbocycles. The van der Waals surface area contributed by atoms with Gasteiger partial charge in [0, 0.05) is 32.7 Å². The van der Waals surface area contributed by atoms with E-state index in [0.29, 0.717) is 26.2 Å². The number of amides is 2. The highest BCUT2D eigenvalue weighted by atomic mass is 79.9. The number of nitrogens with one attached hydrogen (secondary N) is 1. The van der Waals surface area contributed by atoms with Gasteiger partial charge in [0.1, 0.15) is 0 Å². The average Bonchev–Trinajstić information content (AvgIpc) is 2.36. The lowest BCUT2D eigenvalue weighted by atomic mass is 10.3. The molecule has 1 atom stereocenters. The Hall–Kier alpha value is -0.880. The third-order valence-corrected chi connectivity index (χ3v) is 3.23. The van der Waals surface area contributed by atoms with Gasteiger partial charge in [-0.1, -0.05) is 22.0 Å². The van der Waals surface area contributed by atoms with E-state index in [0.717, 1.165) is 13.1 Å². The minimum atomic E-state index is -0.139. The van der Waals surface area contributed by atoms with Gasteiger partial charge in [0.2, 0.25) is 11.8 Å². The first-order chi connectivity index (χ1) is 8.54. The zero-order chi connectivity index (χ0) is 13.5. The van der Waals surface area contributed by atoms with Gasteiger partial charge >= 0.3 is 0 Å². The SMILES string of the molecule is C=CCNC(=O)CN1CCN(C(=O)C(C)Br)CC1. The molecular formula is C12H20BrN3O2. The fraction of sp³-hybridized carbons (Fsp3) is 0.667. The van der Waals surface area contributed by atoms with E-state index < -0.39 is 0 Å². The van der Waals surface area contributed by atoms with E-state index in [1.165, 1.54) is 0 Å². The van der Waals surface area contributed by atoms with Crippen LogP contribution >= 0.6 is 15.9 Å². The average molecular weight is 318 g/mol. The molecule has 1 rings (SSSR count). The van der Waals surface area contributed by atoms with Gasteiger partial charge in [-0.15, -0.1) is 6.58 Å². The number of nitrogens with zero attached hydrogens (tertiary/aromatic N) is 2. The highest BCUT2D eigenvalue weighted by molar-refractivity contribution is 9.10. The first-order valence-corrected chi connectivity index (χ1v) is 6.99. The molecule has 0 spiro atoms. The number of carbonyl (C=O) groups is 2. The Balaban J connectivity index is 2.29. The van der Waals surface area contributed by atoms with Crippen LogP contribution in [0.2, 0.25) is 0 Å². The molecule has 18 heavy (non-hydrogen) atoms. The fourth-order valence-corrected chi connectivity index (χ4v) is 2.11. The van der Waals surface area contributed by atoms with Crippen LogP contribution in [0.15, 0.2) is 12.7 Å². The summed E-state index contributed by atoms with van der Waals surface area (Å²) in [7, 11) is 0. The van der Waals surface area contributed by atoms with Crippen LogP contribution in [0, 0.1) is 0 Å². The number of halogens is 1. The van der Waals surface area contributed by atoms with E-state index in [1.807, 2.05) is 11.8 Å². The van der Waals surface area contributed by atoms with Gasteiger partial charge < -0.3 is 10.2 Å². The highest BCUT2D eigenvalue weighted by Gasteiger charge is 2.24. The monoisotopic (exact) mass is 317 g/mol. The molecule has 1 N–H and O–H groups in total. The Morgan fingerprint density at radius 1 is 1.39 bits per heavy atom. The molecule has 1 aliphatic rings. The van der Waals surface area contributed by atoms with Crippen molar-refractivity contribution in [2.75, 3.05) is 39.3 Å². The van der Waals surface area contributed by atoms with E-state index in [1.54, 1.807) is 6.08 Å². The lowest BCUT2D eigenvalue weighted by Gasteiger charge is -2.34. The minimum absolute atomic E-state index is 0.00327. The van der Waals surface area contributed by atoms with E-state index in [-0.39, 0.29) is 16.6 Å². The lowest BCUT2D eigenvalue weighted by Crippen LogP contribution is -2.52. The third-order valence-electron chi connectivity index (χ3n) is 2.84. The largest absolute Gasteiger partial charge is 0.352 e. The van der Waals surface area contributed by atoms with Crippen molar-refractivity contribution in [1.82, 2.24) is 15.1 Å². The molecule has 0 aromatic carbocycles. The third kappa shape index (κ3) is 4.78. The molecule has 1 aliphatic heterocycles. The van der Waals surface area contributed by atoms with Crippen molar-refractivity contribution in [3.63, 3.8) is 0 Å². The molecule has 0 saturated carbocycles. The molecule has 1 unspecified atom stereocenters. The van der Waals surface area contributed by atoms with Gasteiger partial charge in [-0.25, -0.2) is 0 Å². The van der Waals surface area contributed by atoms with Gasteiger partial charge in [-0.05, 0) is 6.92 Å². The van der Waals surface area contributed by atoms with Crippen molar-refractivity contribution in [3.8, 4) is 0 Å². The van der Waals surface area contributed by atoms with Crippen LogP contribution in [0.4, 0.5) is 0 Å². The number of rotatable bonds is 5. The number of hydrogen-bond acceptors (Lipinski definition) is 3. The Morgan fingerprint density at radius 2 is 2.00 bits per heavy atom. The molecule has 0 aromatic heterocycles. The smallest absolute Gasteiger partial charge is 0.236 e. The van der Waals surface area contributed by atoms with Crippen molar-refractivity contribution < 1.29 is 9.59 Å². The predicted molar refractivity (Wildman–Crippen MR) is 74.6 cm³/mol. The minimum Gasteiger partial charge on any atom is -0.352 e. The van der Waals surface area contributed by atoms with Gasteiger partial charge in [0.15, 0.2) is 0 Å². The van der Waals surface area contributed by atoms with Crippen molar-refractivity contribution >= 4 is 27.7 Å². The molecule has 102 valence electrons. The molecule has 1 fully saturated rings. The van der Waals surface area contributed by atoms with Crippen LogP contribution in [-0.2, 0) is 9.59 Å². The summed E-state index contributed by atoms with van der Waals surface area (Å²) >= 11 is 3.28. The van der Waals surface area contributed by atoms with Gasteiger partial charge in [-0.2, -0.15) is 0 Å². The second-order valence-electron chi connectivity index (χ2n) is 4.31. The molecule has 6 heteroatoms. The van der Waals surface area contributed by atoms with Crippen LogP contribution in [0.5, 0.6) is 0 Å². The van der Waals surface area contributed by atoms with E-state index in [2.05, 4.69) is 32.7 Å². The van der Waals surface area contributed by atoms with E-state index >= 15 is 0 Å². The first kappa shape index (κ1) is 15.2. The van der Waals surface area contributed by atoms with Crippen LogP contribution in [0.25, 0.3) is 0 Å². The molecular weight excluding hydrogens is 298 g/mol. The zero-order valence-electron chi connectivity index (χ0n) is 10.7. The molecule has 0 aromatic rings. The summed E-state index contributed by atoms with van der Waals surface area (Å²) in [6.45, 7) is 9.12. The van der Waals surface area contributed by atoms with Gasteiger partial charge in [0.25, 0.3) is 0 Å². The molecule has 0 radical (unpaired) electrons. The second-order valence-corrected chi connectivity index (χ2v) is 5.68. The summed E-state index contributed by atoms with van der Waals surface area (Å²) in [5.74, 6) is 0.120. The Kier molecular flexibility index (Phi) is 6.35. The highest BCUT2D eigenvalue weighted by Crippen LogP contribution is 2.08. The summed E-state index contributed by atoms with van der Waals surface area (Å²) in [5, 5.41) is 2.75. The Morgan fingerprint density at radius 3 is 2.50 bits per heavy atom. The number of piperazine rings is 1. The second kappa shape index (κ2) is 7.53. The maximum Gasteiger partial charge on any atom is 0.236 e. The number of carbonyl (C=O) groups excluding carboxylic acids is 2. The number of hydrogen-bond donors (Lipinski definition) is 1. The van der Waals surface area contributed by atoms with Crippen molar-refractivity contribution in [1.29, 1.82) is 0 Å². The maximum atomic E-state index is 11.7. The van der Waals surface area contributed by atoms with E-state index in [4.69, 9.17) is 0 Å². The van der Waals surface area contributed by atoms with Gasteiger partial charge in [-0.3, -0.25) is 14.5 Å². The Labute approximate surface area is 116 Å². The summed E-state index contributed by atoms with van der Waals surface area (Å²) in [6, 6.07) is 0. The Bertz CT molecular complexity index is 312. The predicted octanol–water partition coefficient (Wildman–Crippen LogP) is 0.216. The van der Waals surface area contributed by atoms with Crippen molar-refractivity contribution in [2.45, 2.75) is 11.8 Å². The van der Waals surface area contributed by atoms with Crippen LogP contribution in [-0.4, -0.2) is 65.7 Å². The fourth-order valence-electron chi connectivity index (χ4n) is 1.82. The van der Waals surface area contributed by atoms with Crippen LogP contribution in [0.1, 0.15) is 6.92 Å². The summed E-state index contributed by atoms with van der Waals surface area (Å²) < 4.78 is 0. The standard InChI is InChI=1S/C12H20BrN3O2/c1-3-4-14-11(17)9-15-5-7-16(8-6-15)12(18)10(2)13/h3,10H,1,4-9H2,2H3,(H,14,17). The summed E-state index contributed by atoms with van der Waals surface area (Å²) in [4.78, 5) is 27.0. The summed E-state index contributed by atoms with van der Waals surface area (Å²) in [5.41, 5.74) is 0. The van der Waals surface area contributed by atoms with Crippen LogP contribution in [0.3, 0.4) is 0 Å². The normalized spacial score (nSPS) is 18.2. The summed E-state index contributed by atoms with van der Waals surface area (Å²) in [6.07, 6.45) is 1.66. The quantitative estimate of drug-likeness (QED) is 0.583. The molecule has 1 saturated heterocycles.